The van der Waals surface area contributed by atoms with Gasteiger partial charge in [0.05, 0.1) is 17.0 Å². The summed E-state index contributed by atoms with van der Waals surface area (Å²) in [6.45, 7) is 4.14. The first-order valence-electron chi connectivity index (χ1n) is 6.74. The summed E-state index contributed by atoms with van der Waals surface area (Å²) >= 11 is 0. The van der Waals surface area contributed by atoms with Crippen LogP contribution < -0.4 is 0 Å². The van der Waals surface area contributed by atoms with Crippen molar-refractivity contribution in [2.45, 2.75) is 39.0 Å². The van der Waals surface area contributed by atoms with Gasteiger partial charge in [0.1, 0.15) is 5.82 Å². The quantitative estimate of drug-likeness (QED) is 0.869. The number of imidazole rings is 1. The Bertz CT molecular complexity index is 645. The molecule has 1 aliphatic rings. The van der Waals surface area contributed by atoms with Crippen molar-refractivity contribution in [2.24, 2.45) is 5.92 Å². The Morgan fingerprint density at radius 3 is 2.84 bits per heavy atom. The molecule has 4 heteroatoms. The number of carboxylic acid groups (broad SMARTS) is 1. The minimum Gasteiger partial charge on any atom is -0.481 e. The number of carbonyl (C=O) groups is 1. The minimum atomic E-state index is -0.675. The maximum absolute atomic E-state index is 11.0. The topological polar surface area (TPSA) is 66.0 Å². The van der Waals surface area contributed by atoms with Crippen LogP contribution in [0, 0.1) is 19.8 Å². The molecule has 19 heavy (non-hydrogen) atoms. The van der Waals surface area contributed by atoms with Gasteiger partial charge in [-0.3, -0.25) is 4.79 Å². The Balaban J connectivity index is 1.94. The van der Waals surface area contributed by atoms with Gasteiger partial charge in [0.15, 0.2) is 0 Å². The highest BCUT2D eigenvalue weighted by atomic mass is 16.4. The van der Waals surface area contributed by atoms with E-state index in [4.69, 9.17) is 5.11 Å². The van der Waals surface area contributed by atoms with Crippen LogP contribution in [0.25, 0.3) is 11.0 Å². The molecule has 1 heterocycles. The van der Waals surface area contributed by atoms with E-state index in [2.05, 4.69) is 35.9 Å². The van der Waals surface area contributed by atoms with E-state index < -0.39 is 5.97 Å². The van der Waals surface area contributed by atoms with Gasteiger partial charge in [-0.25, -0.2) is 4.98 Å². The monoisotopic (exact) mass is 258 g/mol. The summed E-state index contributed by atoms with van der Waals surface area (Å²) in [4.78, 5) is 19.1. The summed E-state index contributed by atoms with van der Waals surface area (Å²) < 4.78 is 0. The molecule has 1 saturated carbocycles. The van der Waals surface area contributed by atoms with E-state index in [0.717, 1.165) is 29.7 Å². The van der Waals surface area contributed by atoms with E-state index in [0.29, 0.717) is 6.42 Å². The summed E-state index contributed by atoms with van der Waals surface area (Å²) in [5, 5.41) is 9.07. The Morgan fingerprint density at radius 2 is 2.16 bits per heavy atom. The number of aliphatic carboxylic acids is 1. The van der Waals surface area contributed by atoms with Gasteiger partial charge in [-0.1, -0.05) is 6.07 Å². The third-order valence-corrected chi connectivity index (χ3v) is 4.11. The molecule has 0 aliphatic heterocycles. The van der Waals surface area contributed by atoms with Crippen LogP contribution in [0.4, 0.5) is 0 Å². The van der Waals surface area contributed by atoms with Crippen LogP contribution in [0.3, 0.4) is 0 Å². The zero-order chi connectivity index (χ0) is 13.6. The first-order valence-corrected chi connectivity index (χ1v) is 6.74. The molecule has 4 nitrogen and oxygen atoms in total. The second-order valence-corrected chi connectivity index (χ2v) is 5.65. The van der Waals surface area contributed by atoms with Crippen LogP contribution in [0.5, 0.6) is 0 Å². The lowest BCUT2D eigenvalue weighted by Gasteiger charge is -2.04. The second-order valence-electron chi connectivity index (χ2n) is 5.65. The number of hydrogen-bond donors (Lipinski definition) is 2. The zero-order valence-corrected chi connectivity index (χ0v) is 11.2. The van der Waals surface area contributed by atoms with E-state index in [-0.39, 0.29) is 11.8 Å². The van der Waals surface area contributed by atoms with Crippen molar-refractivity contribution in [1.29, 1.82) is 0 Å². The third-order valence-electron chi connectivity index (χ3n) is 4.11. The van der Waals surface area contributed by atoms with Crippen molar-refractivity contribution < 1.29 is 9.90 Å². The van der Waals surface area contributed by atoms with Gasteiger partial charge < -0.3 is 10.1 Å². The number of benzene rings is 1. The number of aromatic amines is 1. The molecule has 0 bridgehead atoms. The van der Waals surface area contributed by atoms with Gasteiger partial charge in [-0.15, -0.1) is 0 Å². The molecule has 3 rings (SSSR count). The lowest BCUT2D eigenvalue weighted by Crippen LogP contribution is -2.09. The Labute approximate surface area is 111 Å². The van der Waals surface area contributed by atoms with Crippen molar-refractivity contribution in [3.63, 3.8) is 0 Å². The number of rotatable bonds is 2. The van der Waals surface area contributed by atoms with Crippen molar-refractivity contribution in [3.8, 4) is 0 Å². The van der Waals surface area contributed by atoms with Gasteiger partial charge in [-0.05, 0) is 50.3 Å². The van der Waals surface area contributed by atoms with Gasteiger partial charge in [0.25, 0.3) is 0 Å². The van der Waals surface area contributed by atoms with Crippen LogP contribution in [0.1, 0.15) is 42.1 Å². The first-order chi connectivity index (χ1) is 9.04. The van der Waals surface area contributed by atoms with Crippen molar-refractivity contribution in [2.75, 3.05) is 0 Å². The smallest absolute Gasteiger partial charge is 0.306 e. The summed E-state index contributed by atoms with van der Waals surface area (Å²) in [7, 11) is 0. The van der Waals surface area contributed by atoms with Crippen LogP contribution in [-0.2, 0) is 4.79 Å². The van der Waals surface area contributed by atoms with E-state index in [9.17, 15) is 4.79 Å². The van der Waals surface area contributed by atoms with Gasteiger partial charge in [-0.2, -0.15) is 0 Å². The lowest BCUT2D eigenvalue weighted by atomic mass is 10.0. The molecule has 1 aliphatic carbocycles. The fourth-order valence-electron chi connectivity index (χ4n) is 3.14. The Morgan fingerprint density at radius 1 is 1.37 bits per heavy atom. The standard InChI is InChI=1S/C15H18N2O2/c1-8-5-9(2)13-12(6-8)16-14(17-13)10-3-4-11(7-10)15(18)19/h5-6,10-11H,3-4,7H2,1-2H3,(H,16,17)(H,18,19). The molecule has 1 aromatic carbocycles. The van der Waals surface area contributed by atoms with Crippen molar-refractivity contribution in [1.82, 2.24) is 9.97 Å². The van der Waals surface area contributed by atoms with E-state index in [1.165, 1.54) is 11.1 Å². The molecular weight excluding hydrogens is 240 g/mol. The highest BCUT2D eigenvalue weighted by molar-refractivity contribution is 5.79. The second kappa shape index (κ2) is 4.37. The summed E-state index contributed by atoms with van der Waals surface area (Å²) in [5.74, 6) is 0.326. The van der Waals surface area contributed by atoms with E-state index in [1.54, 1.807) is 0 Å². The first kappa shape index (κ1) is 12.2. The maximum atomic E-state index is 11.0. The number of nitrogens with one attached hydrogen (secondary N) is 1. The fraction of sp³-hybridized carbons (Fsp3) is 0.467. The van der Waals surface area contributed by atoms with Crippen LogP contribution in [0.2, 0.25) is 0 Å². The molecule has 0 amide bonds. The number of H-pyrrole nitrogens is 1. The predicted octanol–water partition coefficient (Wildman–Crippen LogP) is 3.15. The molecule has 1 fully saturated rings. The minimum absolute atomic E-state index is 0.207. The predicted molar refractivity (Wildman–Crippen MR) is 73.3 cm³/mol. The molecule has 0 spiro atoms. The lowest BCUT2D eigenvalue weighted by molar-refractivity contribution is -0.141. The third kappa shape index (κ3) is 2.11. The molecule has 2 aromatic rings. The maximum Gasteiger partial charge on any atom is 0.306 e. The number of carboxylic acids is 1. The molecule has 2 N–H and O–H groups in total. The summed E-state index contributed by atoms with van der Waals surface area (Å²) in [5.41, 5.74) is 4.46. The number of aromatic nitrogens is 2. The zero-order valence-electron chi connectivity index (χ0n) is 11.2. The molecule has 100 valence electrons. The van der Waals surface area contributed by atoms with Crippen LogP contribution in [0.15, 0.2) is 12.1 Å². The van der Waals surface area contributed by atoms with Gasteiger partial charge in [0.2, 0.25) is 0 Å². The average Bonchev–Trinajstić information content (AvgIpc) is 2.92. The molecular formula is C15H18N2O2. The number of aryl methyl sites for hydroxylation is 2. The molecule has 0 saturated heterocycles. The normalized spacial score (nSPS) is 23.1. The summed E-state index contributed by atoms with van der Waals surface area (Å²) in [6, 6.07) is 4.23. The SMILES string of the molecule is Cc1cc(C)c2nc(C3CCC(C(=O)O)C3)[nH]c2c1. The highest BCUT2D eigenvalue weighted by Gasteiger charge is 2.32. The fourth-order valence-corrected chi connectivity index (χ4v) is 3.14. The molecule has 0 radical (unpaired) electrons. The number of hydrogen-bond acceptors (Lipinski definition) is 2. The number of fused-ring (bicyclic) bond motifs is 1. The van der Waals surface area contributed by atoms with Crippen LogP contribution in [-0.4, -0.2) is 21.0 Å². The average molecular weight is 258 g/mol. The van der Waals surface area contributed by atoms with Crippen molar-refractivity contribution >= 4 is 17.0 Å². The van der Waals surface area contributed by atoms with E-state index in [1.807, 2.05) is 0 Å². The molecule has 2 unspecified atom stereocenters. The van der Waals surface area contributed by atoms with Crippen molar-refractivity contribution in [3.05, 3.63) is 29.1 Å². The Kier molecular flexibility index (Phi) is 2.81. The van der Waals surface area contributed by atoms with E-state index >= 15 is 0 Å². The van der Waals surface area contributed by atoms with Gasteiger partial charge >= 0.3 is 5.97 Å². The molecule has 1 aromatic heterocycles. The van der Waals surface area contributed by atoms with Gasteiger partial charge in [0, 0.05) is 5.92 Å². The number of nitrogens with zero attached hydrogens (tertiary/aromatic N) is 1. The summed E-state index contributed by atoms with van der Waals surface area (Å²) in [6.07, 6.45) is 2.37. The molecule has 2 atom stereocenters. The highest BCUT2D eigenvalue weighted by Crippen LogP contribution is 2.38. The largest absolute Gasteiger partial charge is 0.481 e. The van der Waals surface area contributed by atoms with Crippen LogP contribution >= 0.6 is 0 Å². The Hall–Kier alpha value is -1.84.